The Morgan fingerprint density at radius 1 is 1.33 bits per heavy atom. The van der Waals surface area contributed by atoms with Crippen molar-refractivity contribution >= 4 is 0 Å². The smallest absolute Gasteiger partial charge is 0.0134 e. The highest BCUT2D eigenvalue weighted by Gasteiger charge is 1.79. The van der Waals surface area contributed by atoms with E-state index in [4.69, 9.17) is 17.2 Å². The molecule has 0 rings (SSSR count). The van der Waals surface area contributed by atoms with Crippen LogP contribution in [0.3, 0.4) is 0 Å². The van der Waals surface area contributed by atoms with Gasteiger partial charge in [-0.1, -0.05) is 6.08 Å². The van der Waals surface area contributed by atoms with Crippen molar-refractivity contribution in [2.45, 2.75) is 32.9 Å². The van der Waals surface area contributed by atoms with Crippen LogP contribution in [0.4, 0.5) is 0 Å². The third kappa shape index (κ3) is 272. The molecule has 2 unspecified atom stereocenters. The average molecular weight is 174 g/mol. The highest BCUT2D eigenvalue weighted by molar-refractivity contribution is 4.51. The van der Waals surface area contributed by atoms with E-state index in [1.54, 1.807) is 6.08 Å². The maximum absolute atomic E-state index is 5.17. The van der Waals surface area contributed by atoms with E-state index in [0.717, 1.165) is 0 Å². The van der Waals surface area contributed by atoms with Crippen LogP contribution in [0.5, 0.6) is 0 Å². The van der Waals surface area contributed by atoms with Crippen molar-refractivity contribution in [1.29, 1.82) is 0 Å². The zero-order valence-corrected chi connectivity index (χ0v) is 8.59. The van der Waals surface area contributed by atoms with Gasteiger partial charge in [-0.05, 0) is 27.7 Å². The first-order valence-corrected chi connectivity index (χ1v) is 4.03. The molecule has 75 valence electrons. The number of nitrogens with two attached hydrogens (primary N) is 3. The van der Waals surface area contributed by atoms with Gasteiger partial charge in [0.1, 0.15) is 0 Å². The Balaban J connectivity index is -0.000000105. The lowest BCUT2D eigenvalue weighted by molar-refractivity contribution is 0.752. The second kappa shape index (κ2) is 16.9. The van der Waals surface area contributed by atoms with Crippen LogP contribution < -0.4 is 17.2 Å². The number of hydrogen-bond donors (Lipinski definition) is 3. The van der Waals surface area contributed by atoms with Gasteiger partial charge in [0.2, 0.25) is 0 Å². The van der Waals surface area contributed by atoms with Crippen molar-refractivity contribution in [2.75, 3.05) is 6.54 Å². The minimum Gasteiger partial charge on any atom is -0.329 e. The summed E-state index contributed by atoms with van der Waals surface area (Å²) in [5, 5.41) is 0. The van der Waals surface area contributed by atoms with Crippen molar-refractivity contribution in [3.05, 3.63) is 19.6 Å². The van der Waals surface area contributed by atoms with Gasteiger partial charge >= 0.3 is 0 Å². The van der Waals surface area contributed by atoms with Crippen LogP contribution in [0.15, 0.2) is 12.7 Å². The highest BCUT2D eigenvalue weighted by Crippen LogP contribution is 1.59. The molecule has 0 saturated heterocycles. The van der Waals surface area contributed by atoms with Gasteiger partial charge in [-0.2, -0.15) is 0 Å². The minimum atomic E-state index is 0.0833. The molecule has 0 aliphatic heterocycles. The standard InChI is InChI=1S/C3H10N2.C3H8N.C3H6/c1-3(5)2-4;1-3(2)4;1-3-2/h3H,2,4-5H2,1H3;3H,1,4H2,2H3;3H,1H2,2H3. The van der Waals surface area contributed by atoms with Crippen LogP contribution in [0.25, 0.3) is 0 Å². The Kier molecular flexibility index (Phi) is 24.9. The predicted molar refractivity (Wildman–Crippen MR) is 57.6 cm³/mol. The van der Waals surface area contributed by atoms with Gasteiger partial charge in [0.15, 0.2) is 0 Å². The van der Waals surface area contributed by atoms with Crippen molar-refractivity contribution in [3.63, 3.8) is 0 Å². The first-order valence-electron chi connectivity index (χ1n) is 4.03. The zero-order chi connectivity index (χ0) is 10.6. The molecular formula is C9H24N3. The quantitative estimate of drug-likeness (QED) is 0.511. The van der Waals surface area contributed by atoms with Gasteiger partial charge in [0.25, 0.3) is 0 Å². The lowest BCUT2D eigenvalue weighted by atomic mass is 10.4. The van der Waals surface area contributed by atoms with E-state index in [0.29, 0.717) is 6.54 Å². The molecule has 6 N–H and O–H groups in total. The molecule has 3 heteroatoms. The molecular weight excluding hydrogens is 150 g/mol. The van der Waals surface area contributed by atoms with E-state index >= 15 is 0 Å². The fourth-order valence-corrected chi connectivity index (χ4v) is 0. The molecule has 0 amide bonds. The van der Waals surface area contributed by atoms with Crippen molar-refractivity contribution in [1.82, 2.24) is 0 Å². The summed E-state index contributed by atoms with van der Waals surface area (Å²) in [5.74, 6) is 0. The molecule has 0 fully saturated rings. The molecule has 2 atom stereocenters. The summed E-state index contributed by atoms with van der Waals surface area (Å²) in [7, 11) is 0. The molecule has 0 saturated carbocycles. The monoisotopic (exact) mass is 174 g/mol. The maximum atomic E-state index is 5.17. The fourth-order valence-electron chi connectivity index (χ4n) is 0. The number of hydrogen-bond acceptors (Lipinski definition) is 3. The van der Waals surface area contributed by atoms with Crippen LogP contribution in [0, 0.1) is 6.92 Å². The first-order chi connectivity index (χ1) is 5.42. The van der Waals surface area contributed by atoms with Gasteiger partial charge in [-0.3, -0.25) is 0 Å². The van der Waals surface area contributed by atoms with Crippen molar-refractivity contribution < 1.29 is 0 Å². The summed E-state index contributed by atoms with van der Waals surface area (Å²) < 4.78 is 0. The summed E-state index contributed by atoms with van der Waals surface area (Å²) >= 11 is 0. The van der Waals surface area contributed by atoms with Crippen LogP contribution in [0.2, 0.25) is 0 Å². The Labute approximate surface area is 77.0 Å². The van der Waals surface area contributed by atoms with Gasteiger partial charge < -0.3 is 17.2 Å². The Morgan fingerprint density at radius 3 is 1.42 bits per heavy atom. The second-order valence-electron chi connectivity index (χ2n) is 2.60. The van der Waals surface area contributed by atoms with Gasteiger partial charge in [-0.25, -0.2) is 0 Å². The van der Waals surface area contributed by atoms with Crippen LogP contribution in [-0.2, 0) is 0 Å². The molecule has 1 radical (unpaired) electrons. The third-order valence-corrected chi connectivity index (χ3v) is 0.372. The van der Waals surface area contributed by atoms with Crippen molar-refractivity contribution in [3.8, 4) is 0 Å². The third-order valence-electron chi connectivity index (χ3n) is 0.372. The zero-order valence-electron chi connectivity index (χ0n) is 8.59. The summed E-state index contributed by atoms with van der Waals surface area (Å²) in [5.41, 5.74) is 15.2. The van der Waals surface area contributed by atoms with Gasteiger partial charge in [0, 0.05) is 18.6 Å². The molecule has 0 aromatic heterocycles. The normalized spacial score (nSPS) is 10.3. The lowest BCUT2D eigenvalue weighted by Crippen LogP contribution is -2.25. The van der Waals surface area contributed by atoms with E-state index in [1.165, 1.54) is 0 Å². The Morgan fingerprint density at radius 2 is 1.42 bits per heavy atom. The van der Waals surface area contributed by atoms with Crippen LogP contribution in [0.1, 0.15) is 20.8 Å². The van der Waals surface area contributed by atoms with E-state index < -0.39 is 0 Å². The molecule has 0 spiro atoms. The van der Waals surface area contributed by atoms with E-state index in [2.05, 4.69) is 13.5 Å². The largest absolute Gasteiger partial charge is 0.329 e. The number of rotatable bonds is 1. The molecule has 0 aromatic rings. The molecule has 0 heterocycles. The first kappa shape index (κ1) is 17.6. The van der Waals surface area contributed by atoms with Crippen LogP contribution in [-0.4, -0.2) is 18.6 Å². The highest BCUT2D eigenvalue weighted by atomic mass is 14.7. The summed E-state index contributed by atoms with van der Waals surface area (Å²) in [6.07, 6.45) is 1.75. The number of allylic oxidation sites excluding steroid dienone is 1. The molecule has 3 nitrogen and oxygen atoms in total. The van der Waals surface area contributed by atoms with E-state index in [1.807, 2.05) is 20.8 Å². The van der Waals surface area contributed by atoms with E-state index in [-0.39, 0.29) is 12.1 Å². The molecule has 12 heavy (non-hydrogen) atoms. The van der Waals surface area contributed by atoms with Gasteiger partial charge in [-0.15, -0.1) is 6.58 Å². The van der Waals surface area contributed by atoms with Crippen molar-refractivity contribution in [2.24, 2.45) is 17.2 Å². The van der Waals surface area contributed by atoms with Crippen LogP contribution >= 0.6 is 0 Å². The average Bonchev–Trinajstić information content (AvgIpc) is 1.88. The Bertz CT molecular complexity index is 67.4. The summed E-state index contributed by atoms with van der Waals surface area (Å²) in [6, 6.07) is 0.245. The molecule has 0 aliphatic rings. The minimum absolute atomic E-state index is 0.0833. The van der Waals surface area contributed by atoms with E-state index in [9.17, 15) is 0 Å². The SMILES string of the molecule is C=CC.CC(N)CN.[CH2]C(C)N. The summed E-state index contributed by atoms with van der Waals surface area (Å²) in [6.45, 7) is 13.0. The lowest BCUT2D eigenvalue weighted by Gasteiger charge is -1.92. The second-order valence-corrected chi connectivity index (χ2v) is 2.60. The molecule has 0 aromatic carbocycles. The topological polar surface area (TPSA) is 78.1 Å². The summed E-state index contributed by atoms with van der Waals surface area (Å²) in [4.78, 5) is 0. The van der Waals surface area contributed by atoms with Gasteiger partial charge in [0.05, 0.1) is 0 Å². The molecule has 0 aliphatic carbocycles. The predicted octanol–water partition coefficient (Wildman–Crippen LogP) is 0.652. The fraction of sp³-hybridized carbons (Fsp3) is 0.667. The molecule has 0 bridgehead atoms. The Hall–Kier alpha value is -0.380. The maximum Gasteiger partial charge on any atom is 0.0134 e.